The Labute approximate surface area is 196 Å². The van der Waals surface area contributed by atoms with Crippen LogP contribution < -0.4 is 0 Å². The Bertz CT molecular complexity index is 525. The average molecular weight is 483 g/mol. The third kappa shape index (κ3) is 11.9. The lowest BCUT2D eigenvalue weighted by Crippen LogP contribution is -2.42. The molecular formula is C23H46O6P2. The number of carbonyl (C=O) groups is 2. The maximum absolute atomic E-state index is 13.0. The number of ether oxygens (including phenoxy) is 2. The van der Waals surface area contributed by atoms with Crippen molar-refractivity contribution < 1.29 is 28.1 Å². The number of esters is 2. The number of hydrogen-bond acceptors (Lipinski definition) is 6. The molecule has 2 unspecified atom stereocenters. The highest BCUT2D eigenvalue weighted by Gasteiger charge is 2.47. The molecule has 0 N–H and O–H groups in total. The van der Waals surface area contributed by atoms with Gasteiger partial charge in [-0.1, -0.05) is 53.4 Å². The van der Waals surface area contributed by atoms with Gasteiger partial charge in [-0.25, -0.2) is 0 Å². The van der Waals surface area contributed by atoms with Crippen LogP contribution in [-0.4, -0.2) is 39.6 Å². The maximum Gasteiger partial charge on any atom is 0.323 e. The van der Waals surface area contributed by atoms with E-state index in [4.69, 9.17) is 19.8 Å². The van der Waals surface area contributed by atoms with Crippen molar-refractivity contribution in [1.29, 1.82) is 1.28 Å². The van der Waals surface area contributed by atoms with Crippen LogP contribution in [0.3, 0.4) is 0 Å². The summed E-state index contributed by atoms with van der Waals surface area (Å²) in [6.07, 6.45) is 5.87. The SMILES string of the molecule is [3H]POCC(C)(C)CCCCC(CCCCC(C)(C)COP)(C(=O)OCC)C(=O)OCC. The zero-order valence-corrected chi connectivity index (χ0v) is 22.7. The molecule has 184 valence electrons. The molecule has 8 heteroatoms. The normalized spacial score (nSPS) is 13.5. The lowest BCUT2D eigenvalue weighted by Gasteiger charge is -2.30. The Kier molecular flexibility index (Phi) is 14.4. The molecule has 0 saturated heterocycles. The second-order valence-corrected chi connectivity index (χ2v) is 10.5. The number of hydrogen-bond donors (Lipinski definition) is 0. The molecule has 0 aromatic rings. The minimum atomic E-state index is -1.25. The fraction of sp³-hybridized carbons (Fsp3) is 0.913. The first-order valence-electron chi connectivity index (χ1n) is 11.9. The van der Waals surface area contributed by atoms with Gasteiger partial charge in [0.1, 0.15) is 0 Å². The third-order valence-electron chi connectivity index (χ3n) is 5.68. The zero-order valence-electron chi connectivity index (χ0n) is 21.5. The summed E-state index contributed by atoms with van der Waals surface area (Å²) in [5.74, 6) is -0.937. The summed E-state index contributed by atoms with van der Waals surface area (Å²) in [7, 11) is 2.02. The van der Waals surface area contributed by atoms with Crippen molar-refractivity contribution in [2.45, 2.75) is 92.9 Å². The van der Waals surface area contributed by atoms with Gasteiger partial charge in [-0.05, 0) is 50.4 Å². The summed E-state index contributed by atoms with van der Waals surface area (Å²) in [6.45, 7) is 13.7. The van der Waals surface area contributed by atoms with E-state index < -0.39 is 17.4 Å². The molecule has 0 heterocycles. The van der Waals surface area contributed by atoms with Gasteiger partial charge in [0.2, 0.25) is 0 Å². The Morgan fingerprint density at radius 3 is 1.48 bits per heavy atom. The van der Waals surface area contributed by atoms with Crippen molar-refractivity contribution in [3.05, 3.63) is 0 Å². The van der Waals surface area contributed by atoms with E-state index in [2.05, 4.69) is 37.2 Å². The van der Waals surface area contributed by atoms with E-state index in [0.717, 1.165) is 38.5 Å². The van der Waals surface area contributed by atoms with E-state index in [0.29, 0.717) is 26.1 Å². The molecule has 0 saturated carbocycles. The van der Waals surface area contributed by atoms with Crippen LogP contribution in [-0.2, 0) is 28.1 Å². The summed E-state index contributed by atoms with van der Waals surface area (Å²) in [6, 6.07) is 0. The van der Waals surface area contributed by atoms with Crippen LogP contribution in [0.1, 0.15) is 92.9 Å². The Hall–Kier alpha value is -0.280. The van der Waals surface area contributed by atoms with Gasteiger partial charge in [0.05, 0.1) is 27.7 Å². The van der Waals surface area contributed by atoms with Gasteiger partial charge in [0.15, 0.2) is 5.41 Å². The molecule has 0 amide bonds. The lowest BCUT2D eigenvalue weighted by molar-refractivity contribution is -0.173. The quantitative estimate of drug-likeness (QED) is 0.0990. The Balaban J connectivity index is 5.24. The molecule has 0 aromatic carbocycles. The van der Waals surface area contributed by atoms with E-state index in [9.17, 15) is 9.59 Å². The van der Waals surface area contributed by atoms with Crippen molar-refractivity contribution in [2.24, 2.45) is 16.2 Å². The summed E-state index contributed by atoms with van der Waals surface area (Å²) >= 11 is 0. The second kappa shape index (κ2) is 15.5. The molecule has 0 bridgehead atoms. The molecule has 0 aromatic heterocycles. The van der Waals surface area contributed by atoms with Crippen molar-refractivity contribution in [2.75, 3.05) is 26.4 Å². The molecule has 0 aliphatic rings. The summed E-state index contributed by atoms with van der Waals surface area (Å²) in [5.41, 5.74) is -1.27. The first-order valence-corrected chi connectivity index (χ1v) is 12.3. The summed E-state index contributed by atoms with van der Waals surface area (Å²) in [5, 5.41) is 0. The minimum Gasteiger partial charge on any atom is -0.465 e. The number of rotatable bonds is 19. The van der Waals surface area contributed by atoms with Crippen molar-refractivity contribution in [3.8, 4) is 0 Å². The van der Waals surface area contributed by atoms with Gasteiger partial charge >= 0.3 is 11.9 Å². The van der Waals surface area contributed by atoms with E-state index >= 15 is 0 Å². The van der Waals surface area contributed by atoms with Crippen molar-refractivity contribution in [3.63, 3.8) is 0 Å². The van der Waals surface area contributed by atoms with Crippen LogP contribution in [0.2, 0.25) is 0 Å². The largest absolute Gasteiger partial charge is 0.465 e. The highest BCUT2D eigenvalue weighted by atomic mass is 31.0. The van der Waals surface area contributed by atoms with Crippen LogP contribution >= 0.6 is 18.9 Å². The maximum atomic E-state index is 13.0. The van der Waals surface area contributed by atoms with Gasteiger partial charge in [-0.2, -0.15) is 0 Å². The molecule has 0 aliphatic heterocycles. The molecule has 31 heavy (non-hydrogen) atoms. The van der Waals surface area contributed by atoms with Crippen LogP contribution in [0.15, 0.2) is 0 Å². The first kappa shape index (κ1) is 28.8. The molecule has 0 fully saturated rings. The van der Waals surface area contributed by atoms with E-state index in [1.165, 1.54) is 0 Å². The predicted octanol–water partition coefficient (Wildman–Crippen LogP) is 5.89. The van der Waals surface area contributed by atoms with E-state index in [1.54, 1.807) is 13.8 Å². The van der Waals surface area contributed by atoms with Crippen LogP contribution in [0, 0.1) is 16.2 Å². The van der Waals surface area contributed by atoms with Crippen LogP contribution in [0.5, 0.6) is 0 Å². The molecular weight excluding hydrogens is 434 g/mol. The van der Waals surface area contributed by atoms with Gasteiger partial charge < -0.3 is 18.5 Å². The highest BCUT2D eigenvalue weighted by molar-refractivity contribution is 7.10. The Morgan fingerprint density at radius 1 is 0.742 bits per heavy atom. The molecule has 0 rings (SSSR count). The van der Waals surface area contributed by atoms with Crippen molar-refractivity contribution in [1.82, 2.24) is 0 Å². The zero-order chi connectivity index (χ0) is 24.7. The smallest absolute Gasteiger partial charge is 0.323 e. The van der Waals surface area contributed by atoms with E-state index in [-0.39, 0.29) is 33.5 Å². The second-order valence-electron chi connectivity index (χ2n) is 9.87. The van der Waals surface area contributed by atoms with Crippen molar-refractivity contribution >= 4 is 30.8 Å². The fourth-order valence-corrected chi connectivity index (χ4v) is 4.62. The summed E-state index contributed by atoms with van der Waals surface area (Å²) < 4.78 is 28.4. The molecule has 2 atom stereocenters. The summed E-state index contributed by atoms with van der Waals surface area (Å²) in [4.78, 5) is 26.0. The Morgan fingerprint density at radius 2 is 1.13 bits per heavy atom. The van der Waals surface area contributed by atoms with Gasteiger partial charge in [-0.3, -0.25) is 9.59 Å². The predicted molar refractivity (Wildman–Crippen MR) is 132 cm³/mol. The minimum absolute atomic E-state index is 0.0333. The average Bonchev–Trinajstić information content (AvgIpc) is 2.71. The first-order chi connectivity index (χ1) is 15.0. The van der Waals surface area contributed by atoms with Gasteiger partial charge in [-0.15, -0.1) is 0 Å². The number of unbranched alkanes of at least 4 members (excludes halogenated alkanes) is 2. The fourth-order valence-electron chi connectivity index (χ4n) is 3.78. The highest BCUT2D eigenvalue weighted by Crippen LogP contribution is 2.37. The molecule has 0 radical (unpaired) electrons. The molecule has 0 aliphatic carbocycles. The van der Waals surface area contributed by atoms with Gasteiger partial charge in [0.25, 0.3) is 0 Å². The molecule has 6 nitrogen and oxygen atoms in total. The number of carbonyl (C=O) groups excluding carboxylic acids is 2. The van der Waals surface area contributed by atoms with E-state index in [1.807, 2.05) is 0 Å². The standard InChI is InChI=1S/C23H46O6P2/c1-7-26-19(24)23(20(25)27-8-2,15-11-9-13-21(3,4)17-28-30)16-12-10-14-22(5,6)18-29-31/h7-18,30-31H2,1-6H3/i30T. The van der Waals surface area contributed by atoms with Crippen LogP contribution in [0.25, 0.3) is 0 Å². The monoisotopic (exact) mass is 482 g/mol. The topological polar surface area (TPSA) is 71.1 Å². The van der Waals surface area contributed by atoms with Gasteiger partial charge in [0, 0.05) is 18.9 Å². The molecule has 0 spiro atoms. The van der Waals surface area contributed by atoms with Crippen LogP contribution in [0.4, 0.5) is 0 Å². The lowest BCUT2D eigenvalue weighted by atomic mass is 9.76. The third-order valence-corrected chi connectivity index (χ3v) is 5.99.